The molecule has 3 aromatic rings. The van der Waals surface area contributed by atoms with Gasteiger partial charge in [0.2, 0.25) is 5.91 Å². The van der Waals surface area contributed by atoms with Crippen LogP contribution >= 0.6 is 0 Å². The van der Waals surface area contributed by atoms with Gasteiger partial charge in [-0.25, -0.2) is 9.97 Å². The van der Waals surface area contributed by atoms with Crippen LogP contribution in [0.15, 0.2) is 42.9 Å². The van der Waals surface area contributed by atoms with Gasteiger partial charge in [-0.2, -0.15) is 0 Å². The summed E-state index contributed by atoms with van der Waals surface area (Å²) in [5.74, 6) is 1.45. The predicted molar refractivity (Wildman–Crippen MR) is 130 cm³/mol. The molecule has 168 valence electrons. The smallest absolute Gasteiger partial charge is 0.228 e. The number of piperidine rings is 1. The second-order valence-electron chi connectivity index (χ2n) is 9.11. The van der Waals surface area contributed by atoms with E-state index in [4.69, 9.17) is 0 Å². The molecule has 1 saturated heterocycles. The molecule has 7 nitrogen and oxygen atoms in total. The van der Waals surface area contributed by atoms with Gasteiger partial charge in [0, 0.05) is 35.1 Å². The van der Waals surface area contributed by atoms with Crippen LogP contribution in [0.4, 0.5) is 11.6 Å². The van der Waals surface area contributed by atoms with Crippen LogP contribution in [0.25, 0.3) is 22.0 Å². The molecule has 0 bridgehead atoms. The zero-order valence-electron chi connectivity index (χ0n) is 19.3. The number of anilines is 2. The van der Waals surface area contributed by atoms with Crippen LogP contribution in [-0.2, 0) is 4.79 Å². The third kappa shape index (κ3) is 5.22. The van der Waals surface area contributed by atoms with Crippen LogP contribution in [-0.4, -0.2) is 50.9 Å². The third-order valence-corrected chi connectivity index (χ3v) is 5.97. The highest BCUT2D eigenvalue weighted by Gasteiger charge is 2.26. The molecule has 1 amide bonds. The topological polar surface area (TPSA) is 83.0 Å². The molecule has 1 fully saturated rings. The zero-order chi connectivity index (χ0) is 22.7. The molecule has 1 aliphatic heterocycles. The van der Waals surface area contributed by atoms with Gasteiger partial charge in [-0.1, -0.05) is 12.1 Å². The normalized spacial score (nSPS) is 15.4. The number of carbonyl (C=O) groups excluding carboxylic acids is 1. The minimum Gasteiger partial charge on any atom is -0.367 e. The molecule has 7 heteroatoms. The van der Waals surface area contributed by atoms with Crippen LogP contribution in [0.5, 0.6) is 0 Å². The Bertz CT molecular complexity index is 1090. The van der Waals surface area contributed by atoms with Crippen LogP contribution < -0.4 is 10.6 Å². The number of fused-ring (bicyclic) bond motifs is 1. The van der Waals surface area contributed by atoms with Crippen LogP contribution in [0.2, 0.25) is 0 Å². The molecule has 0 saturated carbocycles. The van der Waals surface area contributed by atoms with Gasteiger partial charge in [0.1, 0.15) is 11.6 Å². The lowest BCUT2D eigenvalue weighted by atomic mass is 9.95. The summed E-state index contributed by atoms with van der Waals surface area (Å²) in [6.07, 6.45) is 7.08. The van der Waals surface area contributed by atoms with Crippen molar-refractivity contribution in [3.63, 3.8) is 0 Å². The number of nitrogens with zero attached hydrogens (tertiary/aromatic N) is 4. The molecular formula is C25H32N6O. The van der Waals surface area contributed by atoms with Gasteiger partial charge >= 0.3 is 0 Å². The maximum atomic E-state index is 12.8. The fraction of sp³-hybridized carbons (Fsp3) is 0.440. The number of benzene rings is 1. The summed E-state index contributed by atoms with van der Waals surface area (Å²) < 4.78 is 0. The van der Waals surface area contributed by atoms with Crippen molar-refractivity contribution in [3.05, 3.63) is 42.9 Å². The first-order valence-electron chi connectivity index (χ1n) is 11.4. The summed E-state index contributed by atoms with van der Waals surface area (Å²) in [4.78, 5) is 28.7. The average molecular weight is 433 g/mol. The average Bonchev–Trinajstić information content (AvgIpc) is 2.78. The van der Waals surface area contributed by atoms with Crippen molar-refractivity contribution in [1.29, 1.82) is 0 Å². The van der Waals surface area contributed by atoms with Crippen molar-refractivity contribution in [2.45, 2.75) is 52.6 Å². The second kappa shape index (κ2) is 9.61. The molecular weight excluding hydrogens is 400 g/mol. The lowest BCUT2D eigenvalue weighted by Gasteiger charge is -2.33. The highest BCUT2D eigenvalue weighted by atomic mass is 16.1. The van der Waals surface area contributed by atoms with Gasteiger partial charge in [-0.05, 0) is 71.1 Å². The number of nitrogens with one attached hydrogen (secondary N) is 2. The van der Waals surface area contributed by atoms with Crippen LogP contribution in [0.3, 0.4) is 0 Å². The summed E-state index contributed by atoms with van der Waals surface area (Å²) in [5, 5.41) is 8.34. The highest BCUT2D eigenvalue weighted by molar-refractivity contribution is 5.95. The molecule has 0 spiro atoms. The van der Waals surface area contributed by atoms with Crippen molar-refractivity contribution in [1.82, 2.24) is 19.9 Å². The Morgan fingerprint density at radius 1 is 1.00 bits per heavy atom. The Morgan fingerprint density at radius 2 is 1.78 bits per heavy atom. The van der Waals surface area contributed by atoms with Gasteiger partial charge in [-0.15, -0.1) is 0 Å². The molecule has 0 radical (unpaired) electrons. The number of amides is 1. The summed E-state index contributed by atoms with van der Waals surface area (Å²) >= 11 is 0. The SMILES string of the molecule is CC(C)Nc1cncc(-c2ccc3cnc(NC(=O)C4CCN(C(C)C)CC4)cc3c2)n1. The molecule has 4 rings (SSSR count). The van der Waals surface area contributed by atoms with Crippen molar-refractivity contribution >= 4 is 28.3 Å². The third-order valence-electron chi connectivity index (χ3n) is 5.97. The Morgan fingerprint density at radius 3 is 2.50 bits per heavy atom. The van der Waals surface area contributed by atoms with E-state index in [-0.39, 0.29) is 17.9 Å². The van der Waals surface area contributed by atoms with E-state index >= 15 is 0 Å². The highest BCUT2D eigenvalue weighted by Crippen LogP contribution is 2.26. The maximum Gasteiger partial charge on any atom is 0.228 e. The van der Waals surface area contributed by atoms with Crippen LogP contribution in [0.1, 0.15) is 40.5 Å². The summed E-state index contributed by atoms with van der Waals surface area (Å²) in [6, 6.07) is 8.86. The van der Waals surface area contributed by atoms with Crippen molar-refractivity contribution in [2.24, 2.45) is 5.92 Å². The summed E-state index contributed by atoms with van der Waals surface area (Å²) in [5.41, 5.74) is 1.78. The van der Waals surface area contributed by atoms with Crippen molar-refractivity contribution < 1.29 is 4.79 Å². The quantitative estimate of drug-likeness (QED) is 0.594. The molecule has 3 heterocycles. The number of aromatic nitrogens is 3. The van der Waals surface area contributed by atoms with Gasteiger partial charge in [0.05, 0.1) is 18.1 Å². The Kier molecular flexibility index (Phi) is 6.65. The first-order valence-corrected chi connectivity index (χ1v) is 11.4. The molecule has 0 aliphatic carbocycles. The predicted octanol–water partition coefficient (Wildman–Crippen LogP) is 4.57. The molecule has 32 heavy (non-hydrogen) atoms. The number of carbonyl (C=O) groups is 1. The fourth-order valence-corrected chi connectivity index (χ4v) is 4.15. The fourth-order valence-electron chi connectivity index (χ4n) is 4.15. The van der Waals surface area contributed by atoms with E-state index < -0.39 is 0 Å². The molecule has 0 atom stereocenters. The molecule has 2 N–H and O–H groups in total. The number of pyridine rings is 1. The van der Waals surface area contributed by atoms with E-state index in [9.17, 15) is 4.79 Å². The van der Waals surface area contributed by atoms with Crippen molar-refractivity contribution in [3.8, 4) is 11.3 Å². The minimum atomic E-state index is 0.0419. The summed E-state index contributed by atoms with van der Waals surface area (Å²) in [7, 11) is 0. The van der Waals surface area contributed by atoms with E-state index in [0.29, 0.717) is 11.9 Å². The molecule has 1 aromatic carbocycles. The van der Waals surface area contributed by atoms with Crippen LogP contribution in [0, 0.1) is 5.92 Å². The first kappa shape index (κ1) is 22.1. The van der Waals surface area contributed by atoms with E-state index in [2.05, 4.69) is 64.2 Å². The van der Waals surface area contributed by atoms with E-state index in [1.807, 2.05) is 18.2 Å². The van der Waals surface area contributed by atoms with E-state index in [1.54, 1.807) is 18.6 Å². The standard InChI is InChI=1S/C25H32N6O/c1-16(2)28-24-15-26-14-22(29-24)19-5-6-20-13-27-23(12-21(20)11-19)30-25(32)18-7-9-31(10-8-18)17(3)4/h5-6,11-18H,7-10H2,1-4H3,(H,28,29)(H,27,30,32). The van der Waals surface area contributed by atoms with E-state index in [0.717, 1.165) is 53.8 Å². The Hall–Kier alpha value is -3.06. The van der Waals surface area contributed by atoms with E-state index in [1.165, 1.54) is 0 Å². The largest absolute Gasteiger partial charge is 0.367 e. The number of likely N-dealkylation sites (tertiary alicyclic amines) is 1. The Labute approximate surface area is 189 Å². The minimum absolute atomic E-state index is 0.0419. The first-order chi connectivity index (χ1) is 15.4. The van der Waals surface area contributed by atoms with Gasteiger partial charge in [0.15, 0.2) is 0 Å². The Balaban J connectivity index is 1.50. The number of hydrogen-bond acceptors (Lipinski definition) is 6. The lowest BCUT2D eigenvalue weighted by molar-refractivity contribution is -0.121. The van der Waals surface area contributed by atoms with Crippen molar-refractivity contribution in [2.75, 3.05) is 23.7 Å². The van der Waals surface area contributed by atoms with Gasteiger partial charge < -0.3 is 15.5 Å². The van der Waals surface area contributed by atoms with Gasteiger partial charge in [-0.3, -0.25) is 9.78 Å². The summed E-state index contributed by atoms with van der Waals surface area (Å²) in [6.45, 7) is 10.5. The monoisotopic (exact) mass is 432 g/mol. The number of hydrogen-bond donors (Lipinski definition) is 2. The molecule has 2 aromatic heterocycles. The maximum absolute atomic E-state index is 12.8. The molecule has 1 aliphatic rings. The number of rotatable bonds is 6. The second-order valence-corrected chi connectivity index (χ2v) is 9.11. The zero-order valence-corrected chi connectivity index (χ0v) is 19.3. The van der Waals surface area contributed by atoms with Gasteiger partial charge in [0.25, 0.3) is 0 Å². The lowest BCUT2D eigenvalue weighted by Crippen LogP contribution is -2.41. The molecule has 0 unspecified atom stereocenters.